The molecule has 1 amide bonds. The number of rotatable bonds is 7. The molecule has 0 saturated carbocycles. The van der Waals surface area contributed by atoms with Gasteiger partial charge < -0.3 is 15.4 Å². The van der Waals surface area contributed by atoms with Gasteiger partial charge >= 0.3 is 5.97 Å². The van der Waals surface area contributed by atoms with E-state index in [1.54, 1.807) is 36.7 Å². The second-order valence-electron chi connectivity index (χ2n) is 4.56. The maximum absolute atomic E-state index is 11.8. The molecule has 0 unspecified atom stereocenters. The van der Waals surface area contributed by atoms with E-state index in [-0.39, 0.29) is 11.4 Å². The van der Waals surface area contributed by atoms with Gasteiger partial charge in [0.25, 0.3) is 5.91 Å². The molecule has 1 aromatic carbocycles. The topological polar surface area (TPSA) is 93.2 Å². The molecule has 0 bridgehead atoms. The fourth-order valence-corrected chi connectivity index (χ4v) is 2.02. The van der Waals surface area contributed by atoms with Crippen molar-refractivity contribution in [3.05, 3.63) is 46.7 Å². The molecular formula is C15H14Cl2N4O3. The van der Waals surface area contributed by atoms with Gasteiger partial charge in [0.1, 0.15) is 0 Å². The van der Waals surface area contributed by atoms with E-state index in [4.69, 9.17) is 27.9 Å². The number of hydrogen-bond acceptors (Lipinski definition) is 6. The minimum Gasteiger partial charge on any atom is -0.456 e. The zero-order valence-corrected chi connectivity index (χ0v) is 14.0. The van der Waals surface area contributed by atoms with Crippen LogP contribution in [0.4, 0.5) is 11.6 Å². The average Bonchev–Trinajstić information content (AvgIpc) is 2.58. The fourth-order valence-electron chi connectivity index (χ4n) is 1.67. The van der Waals surface area contributed by atoms with E-state index in [1.165, 1.54) is 0 Å². The minimum atomic E-state index is -0.522. The Labute approximate surface area is 148 Å². The molecule has 126 valence electrons. The Morgan fingerprint density at radius 2 is 1.88 bits per heavy atom. The third-order valence-electron chi connectivity index (χ3n) is 2.77. The van der Waals surface area contributed by atoms with E-state index >= 15 is 0 Å². The van der Waals surface area contributed by atoms with Crippen molar-refractivity contribution >= 4 is 46.7 Å². The largest absolute Gasteiger partial charge is 0.456 e. The maximum atomic E-state index is 11.8. The third-order valence-corrected chi connectivity index (χ3v) is 3.59. The quantitative estimate of drug-likeness (QED) is 0.729. The predicted octanol–water partition coefficient (Wildman–Crippen LogP) is 2.77. The van der Waals surface area contributed by atoms with Crippen molar-refractivity contribution in [1.82, 2.24) is 9.97 Å². The second-order valence-corrected chi connectivity index (χ2v) is 5.34. The molecule has 9 heteroatoms. The van der Waals surface area contributed by atoms with Crippen molar-refractivity contribution in [2.75, 3.05) is 23.8 Å². The number of amides is 1. The summed E-state index contributed by atoms with van der Waals surface area (Å²) in [5.74, 6) is -0.615. The Bertz CT molecular complexity index is 713. The fraction of sp³-hybridized carbons (Fsp3) is 0.200. The summed E-state index contributed by atoms with van der Waals surface area (Å²) in [6.45, 7) is -0.117. The Morgan fingerprint density at radius 1 is 1.12 bits per heavy atom. The van der Waals surface area contributed by atoms with Crippen LogP contribution < -0.4 is 10.6 Å². The first-order valence-electron chi connectivity index (χ1n) is 6.96. The van der Waals surface area contributed by atoms with Crippen molar-refractivity contribution < 1.29 is 14.3 Å². The first-order chi connectivity index (χ1) is 11.6. The lowest BCUT2D eigenvalue weighted by molar-refractivity contribution is -0.147. The number of esters is 1. The van der Waals surface area contributed by atoms with Gasteiger partial charge in [-0.2, -0.15) is 0 Å². The number of anilines is 2. The van der Waals surface area contributed by atoms with Crippen LogP contribution in [0, 0.1) is 0 Å². The molecule has 2 rings (SSSR count). The van der Waals surface area contributed by atoms with E-state index in [2.05, 4.69) is 20.6 Å². The number of hydrogen-bond donors (Lipinski definition) is 2. The van der Waals surface area contributed by atoms with E-state index < -0.39 is 18.5 Å². The van der Waals surface area contributed by atoms with Crippen LogP contribution in [0.5, 0.6) is 0 Å². The van der Waals surface area contributed by atoms with Crippen molar-refractivity contribution in [2.45, 2.75) is 6.42 Å². The van der Waals surface area contributed by atoms with Crippen LogP contribution >= 0.6 is 23.2 Å². The average molecular weight is 369 g/mol. The maximum Gasteiger partial charge on any atom is 0.308 e. The summed E-state index contributed by atoms with van der Waals surface area (Å²) in [7, 11) is 0. The molecule has 1 aromatic heterocycles. The Kier molecular flexibility index (Phi) is 6.77. The van der Waals surface area contributed by atoms with E-state index in [0.29, 0.717) is 23.2 Å². The number of carbonyl (C=O) groups excluding carboxylic acids is 2. The molecule has 2 N–H and O–H groups in total. The van der Waals surface area contributed by atoms with Crippen LogP contribution in [0.2, 0.25) is 10.0 Å². The highest BCUT2D eigenvalue weighted by Crippen LogP contribution is 2.29. The Balaban J connectivity index is 1.69. The summed E-state index contributed by atoms with van der Waals surface area (Å²) in [6, 6.07) is 6.53. The van der Waals surface area contributed by atoms with Crippen LogP contribution in [0.15, 0.2) is 36.7 Å². The van der Waals surface area contributed by atoms with E-state index in [9.17, 15) is 9.59 Å². The van der Waals surface area contributed by atoms with Crippen molar-refractivity contribution in [1.29, 1.82) is 0 Å². The molecule has 0 fully saturated rings. The van der Waals surface area contributed by atoms with Crippen LogP contribution in [0.1, 0.15) is 6.42 Å². The van der Waals surface area contributed by atoms with Gasteiger partial charge in [-0.15, -0.1) is 0 Å². The van der Waals surface area contributed by atoms with Gasteiger partial charge in [0, 0.05) is 18.9 Å². The highest BCUT2D eigenvalue weighted by atomic mass is 35.5. The normalized spacial score (nSPS) is 10.1. The summed E-state index contributed by atoms with van der Waals surface area (Å²) in [6.07, 6.45) is 3.24. The lowest BCUT2D eigenvalue weighted by Crippen LogP contribution is -2.22. The zero-order chi connectivity index (χ0) is 17.4. The van der Waals surface area contributed by atoms with Gasteiger partial charge in [0.2, 0.25) is 5.95 Å². The molecule has 1 heterocycles. The zero-order valence-electron chi connectivity index (χ0n) is 12.5. The van der Waals surface area contributed by atoms with Crippen LogP contribution in [-0.2, 0) is 14.3 Å². The van der Waals surface area contributed by atoms with Gasteiger partial charge in [0.05, 0.1) is 22.2 Å². The summed E-state index contributed by atoms with van der Waals surface area (Å²) >= 11 is 11.8. The van der Waals surface area contributed by atoms with Gasteiger partial charge in [0.15, 0.2) is 6.61 Å². The highest BCUT2D eigenvalue weighted by molar-refractivity contribution is 6.43. The molecule has 0 atom stereocenters. The van der Waals surface area contributed by atoms with Crippen LogP contribution in [0.25, 0.3) is 0 Å². The molecule has 7 nitrogen and oxygen atoms in total. The van der Waals surface area contributed by atoms with Crippen molar-refractivity contribution in [2.24, 2.45) is 0 Å². The molecule has 2 aromatic rings. The van der Waals surface area contributed by atoms with Gasteiger partial charge in [-0.05, 0) is 18.2 Å². The van der Waals surface area contributed by atoms with Gasteiger partial charge in [-0.3, -0.25) is 9.59 Å². The lowest BCUT2D eigenvalue weighted by atomic mass is 10.3. The Hall–Kier alpha value is -2.38. The predicted molar refractivity (Wildman–Crippen MR) is 91.2 cm³/mol. The molecule has 0 radical (unpaired) electrons. The number of halogens is 2. The van der Waals surface area contributed by atoms with Gasteiger partial charge in [-0.25, -0.2) is 9.97 Å². The number of nitrogens with one attached hydrogen (secondary N) is 2. The molecule has 0 saturated heterocycles. The standard InChI is InChI=1S/C15H14Cl2N4O3/c16-10-3-1-4-11(14(10)17)21-12(22)9-24-13(23)5-8-20-15-18-6-2-7-19-15/h1-4,6-7H,5,8-9H2,(H,21,22)(H,18,19,20). The second kappa shape index (κ2) is 9.05. The lowest BCUT2D eigenvalue weighted by Gasteiger charge is -2.09. The molecule has 0 aliphatic carbocycles. The number of aromatic nitrogens is 2. The SMILES string of the molecule is O=C(COC(=O)CCNc1ncccn1)Nc1cccc(Cl)c1Cl. The minimum absolute atomic E-state index is 0.0729. The van der Waals surface area contributed by atoms with E-state index in [1.807, 2.05) is 0 Å². The summed E-state index contributed by atoms with van der Waals surface area (Å²) in [5.41, 5.74) is 0.355. The molecule has 24 heavy (non-hydrogen) atoms. The van der Waals surface area contributed by atoms with Gasteiger partial charge in [-0.1, -0.05) is 29.3 Å². The number of benzene rings is 1. The number of ether oxygens (including phenoxy) is 1. The van der Waals surface area contributed by atoms with Crippen LogP contribution in [0.3, 0.4) is 0 Å². The smallest absolute Gasteiger partial charge is 0.308 e. The third kappa shape index (κ3) is 5.68. The summed E-state index contributed by atoms with van der Waals surface area (Å²) < 4.78 is 4.88. The van der Waals surface area contributed by atoms with E-state index in [0.717, 1.165) is 0 Å². The summed E-state index contributed by atoms with van der Waals surface area (Å²) in [4.78, 5) is 31.2. The van der Waals surface area contributed by atoms with Crippen molar-refractivity contribution in [3.63, 3.8) is 0 Å². The van der Waals surface area contributed by atoms with Crippen molar-refractivity contribution in [3.8, 4) is 0 Å². The number of nitrogens with zero attached hydrogens (tertiary/aromatic N) is 2. The monoisotopic (exact) mass is 368 g/mol. The Morgan fingerprint density at radius 3 is 2.62 bits per heavy atom. The number of carbonyl (C=O) groups is 2. The molecular weight excluding hydrogens is 355 g/mol. The first-order valence-corrected chi connectivity index (χ1v) is 7.72. The first kappa shape index (κ1) is 18.0. The molecule has 0 spiro atoms. The summed E-state index contributed by atoms with van der Waals surface area (Å²) in [5, 5.41) is 5.93. The van der Waals surface area contributed by atoms with Crippen LogP contribution in [-0.4, -0.2) is 35.0 Å². The molecule has 0 aliphatic rings. The highest BCUT2D eigenvalue weighted by Gasteiger charge is 2.11. The molecule has 0 aliphatic heterocycles.